The third-order valence-corrected chi connectivity index (χ3v) is 3.44. The molecule has 0 saturated heterocycles. The van der Waals surface area contributed by atoms with Crippen molar-refractivity contribution < 1.29 is 19.5 Å². The molecule has 1 atom stereocenters. The van der Waals surface area contributed by atoms with Crippen molar-refractivity contribution in [1.82, 2.24) is 0 Å². The summed E-state index contributed by atoms with van der Waals surface area (Å²) in [6, 6.07) is 17.1. The lowest BCUT2D eigenvalue weighted by atomic mass is 10.0. The second-order valence-corrected chi connectivity index (χ2v) is 5.24. The summed E-state index contributed by atoms with van der Waals surface area (Å²) in [6.45, 7) is -0.0416. The van der Waals surface area contributed by atoms with Gasteiger partial charge in [-0.3, -0.25) is 0 Å². The molecule has 2 rings (SSSR count). The molecule has 1 N–H and O–H groups in total. The van der Waals surface area contributed by atoms with E-state index in [1.54, 1.807) is 18.3 Å². The Morgan fingerprint density at radius 1 is 1.12 bits per heavy atom. The van der Waals surface area contributed by atoms with E-state index in [0.29, 0.717) is 18.4 Å². The van der Waals surface area contributed by atoms with E-state index in [9.17, 15) is 9.90 Å². The molecule has 0 bridgehead atoms. The molecular formula is C19H21NO4. The van der Waals surface area contributed by atoms with Crippen LogP contribution in [0.4, 0.5) is 0 Å². The van der Waals surface area contributed by atoms with Crippen molar-refractivity contribution in [3.63, 3.8) is 0 Å². The quantitative estimate of drug-likeness (QED) is 0.459. The molecule has 0 aliphatic heterocycles. The number of nitrogens with zero attached hydrogens (tertiary/aromatic N) is 1. The molecule has 126 valence electrons. The number of aliphatic hydroxyl groups excluding tert-OH is 1. The number of benzene rings is 2. The van der Waals surface area contributed by atoms with Gasteiger partial charge in [0.05, 0.1) is 11.7 Å². The zero-order valence-corrected chi connectivity index (χ0v) is 13.6. The first kappa shape index (κ1) is 17.7. The molecule has 1 unspecified atom stereocenters. The fraction of sp³-hybridized carbons (Fsp3) is 0.263. The largest absolute Gasteiger partial charge is 0.459 e. The lowest BCUT2D eigenvalue weighted by Gasteiger charge is -2.10. The number of rotatable bonds is 8. The Morgan fingerprint density at radius 2 is 1.79 bits per heavy atom. The summed E-state index contributed by atoms with van der Waals surface area (Å²) in [5.41, 5.74) is 2.58. The molecule has 2 aromatic rings. The minimum absolute atomic E-state index is 0.0416. The first-order chi connectivity index (χ1) is 11.7. The molecule has 0 aliphatic rings. The van der Waals surface area contributed by atoms with Crippen molar-refractivity contribution in [2.75, 3.05) is 13.7 Å². The second kappa shape index (κ2) is 9.47. The van der Waals surface area contributed by atoms with Gasteiger partial charge >= 0.3 is 5.97 Å². The van der Waals surface area contributed by atoms with Gasteiger partial charge < -0.3 is 14.7 Å². The summed E-state index contributed by atoms with van der Waals surface area (Å²) in [6.07, 6.45) is 1.85. The van der Waals surface area contributed by atoms with Gasteiger partial charge in [-0.05, 0) is 36.1 Å². The van der Waals surface area contributed by atoms with Crippen LogP contribution in [0.25, 0.3) is 11.1 Å². The van der Waals surface area contributed by atoms with E-state index in [1.165, 1.54) is 7.11 Å². The zero-order chi connectivity index (χ0) is 17.2. The Labute approximate surface area is 141 Å². The molecule has 0 heterocycles. The molecule has 2 aromatic carbocycles. The van der Waals surface area contributed by atoms with Gasteiger partial charge in [-0.15, -0.1) is 0 Å². The fourth-order valence-corrected chi connectivity index (χ4v) is 2.16. The molecule has 0 radical (unpaired) electrons. The highest BCUT2D eigenvalue weighted by molar-refractivity contribution is 5.90. The Morgan fingerprint density at radius 3 is 2.46 bits per heavy atom. The molecule has 24 heavy (non-hydrogen) atoms. The van der Waals surface area contributed by atoms with Gasteiger partial charge in [-0.25, -0.2) is 4.79 Å². The van der Waals surface area contributed by atoms with E-state index in [-0.39, 0.29) is 6.61 Å². The van der Waals surface area contributed by atoms with Gasteiger partial charge in [-0.1, -0.05) is 47.6 Å². The van der Waals surface area contributed by atoms with Gasteiger partial charge in [0.15, 0.2) is 0 Å². The lowest BCUT2D eigenvalue weighted by molar-refractivity contribution is 0.0244. The number of carbonyl (C=O) groups is 1. The molecule has 5 heteroatoms. The van der Waals surface area contributed by atoms with Crippen LogP contribution in [0, 0.1) is 0 Å². The molecular weight excluding hydrogens is 306 g/mol. The topological polar surface area (TPSA) is 68.1 Å². The van der Waals surface area contributed by atoms with Crippen molar-refractivity contribution in [2.45, 2.75) is 18.9 Å². The monoisotopic (exact) mass is 327 g/mol. The number of ether oxygens (including phenoxy) is 1. The van der Waals surface area contributed by atoms with Crippen molar-refractivity contribution >= 4 is 12.2 Å². The summed E-state index contributed by atoms with van der Waals surface area (Å²) >= 11 is 0. The number of carbonyl (C=O) groups excluding carboxylic acids is 1. The Hall–Kier alpha value is -2.66. The maximum atomic E-state index is 12.0. The predicted octanol–water partition coefficient (Wildman–Crippen LogP) is 3.28. The second-order valence-electron chi connectivity index (χ2n) is 5.24. The maximum absolute atomic E-state index is 12.0. The SMILES string of the molecule is CON=CCCC(O)COC(=O)c1ccc(-c2ccccc2)cc1. The molecule has 0 aliphatic carbocycles. The van der Waals surface area contributed by atoms with Gasteiger partial charge in [0.25, 0.3) is 0 Å². The van der Waals surface area contributed by atoms with Crippen LogP contribution >= 0.6 is 0 Å². The number of hydrogen-bond acceptors (Lipinski definition) is 5. The summed E-state index contributed by atoms with van der Waals surface area (Å²) in [5, 5.41) is 13.3. The van der Waals surface area contributed by atoms with Crippen LogP contribution in [0.3, 0.4) is 0 Å². The van der Waals surface area contributed by atoms with Crippen molar-refractivity contribution in [1.29, 1.82) is 0 Å². The first-order valence-electron chi connectivity index (χ1n) is 7.76. The molecule has 0 amide bonds. The van der Waals surface area contributed by atoms with Gasteiger partial charge in [-0.2, -0.15) is 0 Å². The van der Waals surface area contributed by atoms with E-state index >= 15 is 0 Å². The first-order valence-corrected chi connectivity index (χ1v) is 7.76. The van der Waals surface area contributed by atoms with E-state index in [4.69, 9.17) is 4.74 Å². The Bertz CT molecular complexity index is 653. The number of oxime groups is 1. The van der Waals surface area contributed by atoms with Crippen LogP contribution in [0.2, 0.25) is 0 Å². The Kier molecular flexibility index (Phi) is 6.98. The molecule has 5 nitrogen and oxygen atoms in total. The summed E-state index contributed by atoms with van der Waals surface area (Å²) < 4.78 is 5.13. The standard InChI is InChI=1S/C19H21NO4/c1-23-20-13-5-8-18(21)14-24-19(22)17-11-9-16(10-12-17)15-6-3-2-4-7-15/h2-4,6-7,9-13,18,21H,5,8,14H2,1H3. The minimum Gasteiger partial charge on any atom is -0.459 e. The van der Waals surface area contributed by atoms with Gasteiger partial charge in [0, 0.05) is 6.21 Å². The van der Waals surface area contributed by atoms with Crippen molar-refractivity contribution in [3.8, 4) is 11.1 Å². The summed E-state index contributed by atoms with van der Waals surface area (Å²) in [7, 11) is 1.46. The summed E-state index contributed by atoms with van der Waals surface area (Å²) in [4.78, 5) is 16.5. The molecule has 0 saturated carbocycles. The van der Waals surface area contributed by atoms with E-state index in [0.717, 1.165) is 11.1 Å². The van der Waals surface area contributed by atoms with Gasteiger partial charge in [0.2, 0.25) is 0 Å². The van der Waals surface area contributed by atoms with Crippen LogP contribution in [-0.2, 0) is 9.57 Å². The number of esters is 1. The van der Waals surface area contributed by atoms with Crippen LogP contribution in [-0.4, -0.2) is 37.1 Å². The predicted molar refractivity (Wildman–Crippen MR) is 92.9 cm³/mol. The van der Waals surface area contributed by atoms with E-state index in [2.05, 4.69) is 9.99 Å². The molecule has 0 fully saturated rings. The van der Waals surface area contributed by atoms with E-state index in [1.807, 2.05) is 42.5 Å². The highest BCUT2D eigenvalue weighted by Crippen LogP contribution is 2.19. The molecule has 0 spiro atoms. The van der Waals surface area contributed by atoms with E-state index < -0.39 is 12.1 Å². The van der Waals surface area contributed by atoms with Crippen molar-refractivity contribution in [2.24, 2.45) is 5.16 Å². The van der Waals surface area contributed by atoms with Crippen LogP contribution in [0.15, 0.2) is 59.8 Å². The van der Waals surface area contributed by atoms with Crippen molar-refractivity contribution in [3.05, 3.63) is 60.2 Å². The van der Waals surface area contributed by atoms with Crippen LogP contribution < -0.4 is 0 Å². The van der Waals surface area contributed by atoms with Crippen LogP contribution in [0.5, 0.6) is 0 Å². The number of hydrogen-bond donors (Lipinski definition) is 1. The summed E-state index contributed by atoms with van der Waals surface area (Å²) in [5.74, 6) is -0.445. The maximum Gasteiger partial charge on any atom is 0.338 e. The number of aliphatic hydroxyl groups is 1. The third-order valence-electron chi connectivity index (χ3n) is 3.44. The lowest BCUT2D eigenvalue weighted by Crippen LogP contribution is -2.18. The average molecular weight is 327 g/mol. The van der Waals surface area contributed by atoms with Crippen LogP contribution in [0.1, 0.15) is 23.2 Å². The highest BCUT2D eigenvalue weighted by Gasteiger charge is 2.11. The average Bonchev–Trinajstić information content (AvgIpc) is 2.64. The third kappa shape index (κ3) is 5.52. The molecule has 0 aromatic heterocycles. The van der Waals surface area contributed by atoms with Gasteiger partial charge in [0.1, 0.15) is 13.7 Å². The Balaban J connectivity index is 1.83. The smallest absolute Gasteiger partial charge is 0.338 e. The fourth-order valence-electron chi connectivity index (χ4n) is 2.16. The highest BCUT2D eigenvalue weighted by atomic mass is 16.6. The minimum atomic E-state index is -0.721. The normalized spacial score (nSPS) is 12.1. The zero-order valence-electron chi connectivity index (χ0n) is 13.6.